The van der Waals surface area contributed by atoms with Crippen molar-refractivity contribution in [2.45, 2.75) is 26.7 Å². The zero-order valence-corrected chi connectivity index (χ0v) is 13.8. The van der Waals surface area contributed by atoms with E-state index in [4.69, 9.17) is 4.74 Å². The van der Waals surface area contributed by atoms with Crippen LogP contribution in [0.25, 0.3) is 0 Å². The van der Waals surface area contributed by atoms with Crippen molar-refractivity contribution in [3.63, 3.8) is 0 Å². The molecule has 0 unspecified atom stereocenters. The number of Topliss-reactive ketones (excluding diaryl/α,β-unsaturated/α-hetero) is 1. The molecule has 2 aromatic rings. The molecule has 2 rings (SSSR count). The molecule has 2 aromatic carbocycles. The number of nitrogens with one attached hydrogen (secondary N) is 1. The Morgan fingerprint density at radius 1 is 1.12 bits per heavy atom. The standard InChI is InChI=1S/C19H20FNO3/c1-13-5-10-18(17(20)12-13)21-19(23)4-3-11-24-16-8-6-15(7-9-16)14(2)22/h5-10,12H,3-4,11H2,1-2H3,(H,21,23). The van der Waals surface area contributed by atoms with Crippen LogP contribution in [0.3, 0.4) is 0 Å². The van der Waals surface area contributed by atoms with Crippen molar-refractivity contribution in [2.75, 3.05) is 11.9 Å². The van der Waals surface area contributed by atoms with Crippen LogP contribution in [0.5, 0.6) is 5.75 Å². The molecule has 0 bridgehead atoms. The lowest BCUT2D eigenvalue weighted by molar-refractivity contribution is -0.116. The predicted octanol–water partition coefficient (Wildman–Crippen LogP) is 4.13. The fourth-order valence-electron chi connectivity index (χ4n) is 2.14. The minimum absolute atomic E-state index is 0.00144. The molecule has 0 aliphatic rings. The normalized spacial score (nSPS) is 10.3. The van der Waals surface area contributed by atoms with Crippen molar-refractivity contribution >= 4 is 17.4 Å². The summed E-state index contributed by atoms with van der Waals surface area (Å²) in [7, 11) is 0. The van der Waals surface area contributed by atoms with Crippen molar-refractivity contribution in [3.8, 4) is 5.75 Å². The third-order valence-electron chi connectivity index (χ3n) is 3.48. The number of carbonyl (C=O) groups is 2. The van der Waals surface area contributed by atoms with E-state index in [2.05, 4.69) is 5.32 Å². The van der Waals surface area contributed by atoms with E-state index in [0.29, 0.717) is 24.3 Å². The number of ketones is 1. The van der Waals surface area contributed by atoms with Crippen LogP contribution in [0, 0.1) is 12.7 Å². The minimum Gasteiger partial charge on any atom is -0.494 e. The molecular weight excluding hydrogens is 309 g/mol. The smallest absolute Gasteiger partial charge is 0.224 e. The molecular formula is C19H20FNO3. The van der Waals surface area contributed by atoms with Gasteiger partial charge in [-0.2, -0.15) is 0 Å². The first-order valence-corrected chi connectivity index (χ1v) is 7.75. The molecule has 0 saturated carbocycles. The number of hydrogen-bond donors (Lipinski definition) is 1. The van der Waals surface area contributed by atoms with E-state index in [1.54, 1.807) is 43.3 Å². The second-order valence-corrected chi connectivity index (χ2v) is 5.56. The number of hydrogen-bond acceptors (Lipinski definition) is 3. The number of amides is 1. The van der Waals surface area contributed by atoms with Crippen LogP contribution >= 0.6 is 0 Å². The number of benzene rings is 2. The summed E-state index contributed by atoms with van der Waals surface area (Å²) < 4.78 is 19.2. The van der Waals surface area contributed by atoms with Gasteiger partial charge >= 0.3 is 0 Å². The Balaban J connectivity index is 1.73. The number of ether oxygens (including phenoxy) is 1. The molecule has 1 N–H and O–H groups in total. The third-order valence-corrected chi connectivity index (χ3v) is 3.48. The average molecular weight is 329 g/mol. The van der Waals surface area contributed by atoms with Crippen LogP contribution in [0.2, 0.25) is 0 Å². The molecule has 0 heterocycles. The molecule has 5 heteroatoms. The van der Waals surface area contributed by atoms with E-state index in [1.807, 2.05) is 0 Å². The lowest BCUT2D eigenvalue weighted by Crippen LogP contribution is -2.13. The van der Waals surface area contributed by atoms with E-state index < -0.39 is 5.82 Å². The Kier molecular flexibility index (Phi) is 6.07. The second kappa shape index (κ2) is 8.24. The average Bonchev–Trinajstić information content (AvgIpc) is 2.55. The highest BCUT2D eigenvalue weighted by Crippen LogP contribution is 2.16. The van der Waals surface area contributed by atoms with Crippen LogP contribution in [-0.4, -0.2) is 18.3 Å². The number of aryl methyl sites for hydroxylation is 1. The van der Waals surface area contributed by atoms with Crippen LogP contribution in [0.4, 0.5) is 10.1 Å². The molecule has 0 atom stereocenters. The Bertz CT molecular complexity index is 726. The molecule has 0 aliphatic carbocycles. The number of carbonyl (C=O) groups excluding carboxylic acids is 2. The highest BCUT2D eigenvalue weighted by atomic mass is 19.1. The highest BCUT2D eigenvalue weighted by Gasteiger charge is 2.07. The first-order chi connectivity index (χ1) is 11.5. The molecule has 0 saturated heterocycles. The van der Waals surface area contributed by atoms with Crippen molar-refractivity contribution in [3.05, 3.63) is 59.4 Å². The highest BCUT2D eigenvalue weighted by molar-refractivity contribution is 5.94. The fraction of sp³-hybridized carbons (Fsp3) is 0.263. The maximum Gasteiger partial charge on any atom is 0.224 e. The van der Waals surface area contributed by atoms with Gasteiger partial charge in [0.15, 0.2) is 5.78 Å². The molecule has 0 aromatic heterocycles. The predicted molar refractivity (Wildman–Crippen MR) is 90.9 cm³/mol. The summed E-state index contributed by atoms with van der Waals surface area (Å²) in [4.78, 5) is 23.0. The van der Waals surface area contributed by atoms with Crippen molar-refractivity contribution in [2.24, 2.45) is 0 Å². The number of rotatable bonds is 7. The summed E-state index contributed by atoms with van der Waals surface area (Å²) in [6.45, 7) is 3.66. The molecule has 0 aliphatic heterocycles. The van der Waals surface area contributed by atoms with Crippen LogP contribution in [-0.2, 0) is 4.79 Å². The molecule has 1 amide bonds. The first-order valence-electron chi connectivity index (χ1n) is 7.75. The molecule has 126 valence electrons. The summed E-state index contributed by atoms with van der Waals surface area (Å²) in [5.41, 5.74) is 1.61. The summed E-state index contributed by atoms with van der Waals surface area (Å²) >= 11 is 0. The Morgan fingerprint density at radius 3 is 2.46 bits per heavy atom. The van der Waals surface area contributed by atoms with Gasteiger partial charge in [-0.15, -0.1) is 0 Å². The quantitative estimate of drug-likeness (QED) is 0.614. The van der Waals surface area contributed by atoms with E-state index in [9.17, 15) is 14.0 Å². The van der Waals surface area contributed by atoms with Gasteiger partial charge in [-0.3, -0.25) is 9.59 Å². The first kappa shape index (κ1) is 17.7. The van der Waals surface area contributed by atoms with Gasteiger partial charge in [0.2, 0.25) is 5.91 Å². The van der Waals surface area contributed by atoms with Crippen LogP contribution < -0.4 is 10.1 Å². The van der Waals surface area contributed by atoms with Crippen LogP contribution in [0.1, 0.15) is 35.7 Å². The monoisotopic (exact) mass is 329 g/mol. The van der Waals surface area contributed by atoms with E-state index in [1.165, 1.54) is 13.0 Å². The number of anilines is 1. The van der Waals surface area contributed by atoms with Gasteiger partial charge in [-0.1, -0.05) is 6.07 Å². The van der Waals surface area contributed by atoms with Gasteiger partial charge in [0, 0.05) is 12.0 Å². The summed E-state index contributed by atoms with van der Waals surface area (Å²) in [5, 5.41) is 2.55. The van der Waals surface area contributed by atoms with Crippen molar-refractivity contribution < 1.29 is 18.7 Å². The van der Waals surface area contributed by atoms with E-state index in [0.717, 1.165) is 5.56 Å². The third kappa shape index (κ3) is 5.19. The second-order valence-electron chi connectivity index (χ2n) is 5.56. The lowest BCUT2D eigenvalue weighted by atomic mass is 10.1. The summed E-state index contributed by atoms with van der Waals surface area (Å²) in [6.07, 6.45) is 0.743. The van der Waals surface area contributed by atoms with Gasteiger partial charge in [0.05, 0.1) is 12.3 Å². The topological polar surface area (TPSA) is 55.4 Å². The fourth-order valence-corrected chi connectivity index (χ4v) is 2.14. The summed E-state index contributed by atoms with van der Waals surface area (Å²) in [6, 6.07) is 11.5. The molecule has 0 spiro atoms. The largest absolute Gasteiger partial charge is 0.494 e. The zero-order valence-electron chi connectivity index (χ0n) is 13.8. The summed E-state index contributed by atoms with van der Waals surface area (Å²) in [5.74, 6) is -0.0509. The Hall–Kier alpha value is -2.69. The Labute approximate surface area is 140 Å². The maximum absolute atomic E-state index is 13.6. The SMILES string of the molecule is CC(=O)c1ccc(OCCCC(=O)Nc2ccc(C)cc2F)cc1. The van der Waals surface area contributed by atoms with Gasteiger partial charge in [0.25, 0.3) is 0 Å². The minimum atomic E-state index is -0.440. The van der Waals surface area contributed by atoms with E-state index >= 15 is 0 Å². The molecule has 0 radical (unpaired) electrons. The molecule has 4 nitrogen and oxygen atoms in total. The van der Waals surface area contributed by atoms with Gasteiger partial charge in [0.1, 0.15) is 11.6 Å². The van der Waals surface area contributed by atoms with Crippen molar-refractivity contribution in [1.82, 2.24) is 0 Å². The Morgan fingerprint density at radius 2 is 1.83 bits per heavy atom. The van der Waals surface area contributed by atoms with Gasteiger partial charge in [-0.05, 0) is 62.2 Å². The zero-order chi connectivity index (χ0) is 17.5. The lowest BCUT2D eigenvalue weighted by Gasteiger charge is -2.08. The van der Waals surface area contributed by atoms with Crippen molar-refractivity contribution in [1.29, 1.82) is 0 Å². The molecule has 0 fully saturated rings. The maximum atomic E-state index is 13.6. The number of halogens is 1. The van der Waals surface area contributed by atoms with E-state index in [-0.39, 0.29) is 23.8 Å². The van der Waals surface area contributed by atoms with Crippen LogP contribution in [0.15, 0.2) is 42.5 Å². The van der Waals surface area contributed by atoms with Gasteiger partial charge in [-0.25, -0.2) is 4.39 Å². The van der Waals surface area contributed by atoms with Gasteiger partial charge < -0.3 is 10.1 Å². The molecule has 24 heavy (non-hydrogen) atoms.